The lowest BCUT2D eigenvalue weighted by molar-refractivity contribution is -0.0548. The number of alkyl halides is 2. The second-order valence-electron chi connectivity index (χ2n) is 7.14. The fourth-order valence-electron chi connectivity index (χ4n) is 2.87. The van der Waals surface area contributed by atoms with Crippen LogP contribution in [-0.2, 0) is 0 Å². The summed E-state index contributed by atoms with van der Waals surface area (Å²) in [5.74, 6) is -2.21. The van der Waals surface area contributed by atoms with Crippen molar-refractivity contribution in [2.45, 2.75) is 77.7 Å². The van der Waals surface area contributed by atoms with E-state index in [0.29, 0.717) is 17.9 Å². The Morgan fingerprint density at radius 2 is 2.00 bits per heavy atom. The fraction of sp³-hybridized carbons (Fsp3) is 1.00. The molecule has 0 aromatic heterocycles. The smallest absolute Gasteiger partial charge is 0.248 e. The van der Waals surface area contributed by atoms with Gasteiger partial charge in [0.1, 0.15) is 0 Å². The van der Waals surface area contributed by atoms with Gasteiger partial charge in [-0.15, -0.1) is 0 Å². The number of halogens is 2. The number of hydrogen-bond donors (Lipinski definition) is 1. The maximum atomic E-state index is 13.4. The van der Waals surface area contributed by atoms with Crippen LogP contribution in [0.15, 0.2) is 0 Å². The van der Waals surface area contributed by atoms with Crippen molar-refractivity contribution in [1.82, 2.24) is 5.32 Å². The number of rotatable bonds is 5. The summed E-state index contributed by atoms with van der Waals surface area (Å²) in [6, 6.07) is 0.392. The maximum absolute atomic E-state index is 13.4. The van der Waals surface area contributed by atoms with Crippen molar-refractivity contribution in [3.8, 4) is 0 Å². The topological polar surface area (TPSA) is 12.0 Å². The first-order valence-corrected chi connectivity index (χ1v) is 7.27. The van der Waals surface area contributed by atoms with Crippen molar-refractivity contribution < 1.29 is 8.78 Å². The van der Waals surface area contributed by atoms with Crippen LogP contribution in [0.1, 0.15) is 65.7 Å². The van der Waals surface area contributed by atoms with Gasteiger partial charge in [0.2, 0.25) is 5.92 Å². The molecule has 1 saturated carbocycles. The lowest BCUT2D eigenvalue weighted by Gasteiger charge is -2.32. The predicted molar refractivity (Wildman–Crippen MR) is 73.1 cm³/mol. The second-order valence-corrected chi connectivity index (χ2v) is 7.14. The van der Waals surface area contributed by atoms with Crippen molar-refractivity contribution in [2.75, 3.05) is 7.05 Å². The molecule has 1 aliphatic rings. The van der Waals surface area contributed by atoms with Gasteiger partial charge in [-0.25, -0.2) is 8.78 Å². The lowest BCUT2D eigenvalue weighted by Crippen LogP contribution is -2.33. The van der Waals surface area contributed by atoms with Crippen molar-refractivity contribution in [3.05, 3.63) is 0 Å². The summed E-state index contributed by atoms with van der Waals surface area (Å²) < 4.78 is 26.7. The standard InChI is InChI=1S/C15H29F2N/c1-14(2,3)9-7-13(18-4)10-12-6-5-8-15(16,17)11-12/h12-13,18H,5-11H2,1-4H3. The van der Waals surface area contributed by atoms with Gasteiger partial charge in [0.25, 0.3) is 0 Å². The van der Waals surface area contributed by atoms with Crippen LogP contribution in [0.4, 0.5) is 8.78 Å². The molecule has 0 aromatic carbocycles. The average Bonchev–Trinajstić information content (AvgIpc) is 2.21. The molecular formula is C15H29F2N. The summed E-state index contributed by atoms with van der Waals surface area (Å²) in [4.78, 5) is 0. The zero-order chi connectivity index (χ0) is 13.8. The first-order chi connectivity index (χ1) is 8.22. The highest BCUT2D eigenvalue weighted by Gasteiger charge is 2.36. The Morgan fingerprint density at radius 1 is 1.33 bits per heavy atom. The monoisotopic (exact) mass is 261 g/mol. The zero-order valence-electron chi connectivity index (χ0n) is 12.4. The second kappa shape index (κ2) is 6.31. The molecule has 0 bridgehead atoms. The minimum absolute atomic E-state index is 0.0930. The predicted octanol–water partition coefficient (Wildman–Crippen LogP) is 4.62. The molecule has 0 radical (unpaired) electrons. The summed E-state index contributed by atoms with van der Waals surface area (Å²) in [5.41, 5.74) is 0.325. The third kappa shape index (κ3) is 6.12. The molecule has 3 heteroatoms. The van der Waals surface area contributed by atoms with Crippen LogP contribution in [0, 0.1) is 11.3 Å². The van der Waals surface area contributed by atoms with Gasteiger partial charge < -0.3 is 5.32 Å². The van der Waals surface area contributed by atoms with Gasteiger partial charge in [-0.05, 0) is 50.5 Å². The Morgan fingerprint density at radius 3 is 2.50 bits per heavy atom. The first-order valence-electron chi connectivity index (χ1n) is 7.27. The summed E-state index contributed by atoms with van der Waals surface area (Å²) >= 11 is 0. The van der Waals surface area contributed by atoms with Crippen LogP contribution in [0.25, 0.3) is 0 Å². The molecule has 18 heavy (non-hydrogen) atoms. The van der Waals surface area contributed by atoms with Gasteiger partial charge in [-0.1, -0.05) is 20.8 Å². The Kier molecular flexibility index (Phi) is 5.57. The van der Waals surface area contributed by atoms with Crippen molar-refractivity contribution in [3.63, 3.8) is 0 Å². The maximum Gasteiger partial charge on any atom is 0.248 e. The van der Waals surface area contributed by atoms with Gasteiger partial charge in [0.15, 0.2) is 0 Å². The van der Waals surface area contributed by atoms with E-state index in [-0.39, 0.29) is 18.8 Å². The van der Waals surface area contributed by atoms with Crippen LogP contribution in [-0.4, -0.2) is 19.0 Å². The highest BCUT2D eigenvalue weighted by Crippen LogP contribution is 2.39. The molecule has 1 fully saturated rings. The minimum atomic E-state index is -2.41. The summed E-state index contributed by atoms with van der Waals surface area (Å²) in [5, 5.41) is 3.30. The van der Waals surface area contributed by atoms with Crippen molar-refractivity contribution >= 4 is 0 Å². The third-order valence-corrected chi connectivity index (χ3v) is 4.01. The largest absolute Gasteiger partial charge is 0.317 e. The van der Waals surface area contributed by atoms with E-state index in [1.807, 2.05) is 7.05 Å². The molecule has 0 aromatic rings. The Labute approximate surface area is 111 Å². The van der Waals surface area contributed by atoms with Crippen LogP contribution in [0.2, 0.25) is 0 Å². The number of nitrogens with one attached hydrogen (secondary N) is 1. The molecule has 0 saturated heterocycles. The van der Waals surface area contributed by atoms with Crippen LogP contribution in [0.5, 0.6) is 0 Å². The molecule has 1 aliphatic carbocycles. The Hall–Kier alpha value is -0.180. The molecule has 0 aliphatic heterocycles. The average molecular weight is 261 g/mol. The van der Waals surface area contributed by atoms with E-state index in [0.717, 1.165) is 25.7 Å². The number of hydrogen-bond acceptors (Lipinski definition) is 1. The van der Waals surface area contributed by atoms with Gasteiger partial charge >= 0.3 is 0 Å². The molecule has 1 nitrogen and oxygen atoms in total. The van der Waals surface area contributed by atoms with Gasteiger partial charge in [-0.2, -0.15) is 0 Å². The normalized spacial score (nSPS) is 26.0. The van der Waals surface area contributed by atoms with Crippen LogP contribution < -0.4 is 5.32 Å². The highest BCUT2D eigenvalue weighted by molar-refractivity contribution is 4.82. The van der Waals surface area contributed by atoms with E-state index in [4.69, 9.17) is 0 Å². The van der Waals surface area contributed by atoms with E-state index in [9.17, 15) is 8.78 Å². The molecule has 2 atom stereocenters. The summed E-state index contributed by atoms with van der Waals surface area (Å²) in [6.45, 7) is 6.69. The molecular weight excluding hydrogens is 232 g/mol. The lowest BCUT2D eigenvalue weighted by atomic mass is 9.80. The molecule has 108 valence electrons. The molecule has 0 amide bonds. The van der Waals surface area contributed by atoms with Crippen molar-refractivity contribution in [2.24, 2.45) is 11.3 Å². The van der Waals surface area contributed by atoms with E-state index in [2.05, 4.69) is 26.1 Å². The first kappa shape index (κ1) is 15.9. The SMILES string of the molecule is CNC(CCC(C)(C)C)CC1CCCC(F)(F)C1. The highest BCUT2D eigenvalue weighted by atomic mass is 19.3. The van der Waals surface area contributed by atoms with Gasteiger partial charge in [-0.3, -0.25) is 0 Å². The molecule has 2 unspecified atom stereocenters. The van der Waals surface area contributed by atoms with Gasteiger partial charge in [0, 0.05) is 18.9 Å². The fourth-order valence-corrected chi connectivity index (χ4v) is 2.87. The van der Waals surface area contributed by atoms with Crippen molar-refractivity contribution in [1.29, 1.82) is 0 Å². The third-order valence-electron chi connectivity index (χ3n) is 4.01. The summed E-state index contributed by atoms with van der Waals surface area (Å²) in [6.07, 6.45) is 4.99. The van der Waals surface area contributed by atoms with E-state index < -0.39 is 5.92 Å². The van der Waals surface area contributed by atoms with E-state index >= 15 is 0 Å². The minimum Gasteiger partial charge on any atom is -0.317 e. The Bertz CT molecular complexity index is 245. The molecule has 1 rings (SSSR count). The zero-order valence-corrected chi connectivity index (χ0v) is 12.4. The quantitative estimate of drug-likeness (QED) is 0.761. The molecule has 0 heterocycles. The molecule has 1 N–H and O–H groups in total. The van der Waals surface area contributed by atoms with E-state index in [1.54, 1.807) is 0 Å². The van der Waals surface area contributed by atoms with E-state index in [1.165, 1.54) is 0 Å². The van der Waals surface area contributed by atoms with Crippen LogP contribution in [0.3, 0.4) is 0 Å². The van der Waals surface area contributed by atoms with Gasteiger partial charge in [0.05, 0.1) is 0 Å². The summed E-state index contributed by atoms with van der Waals surface area (Å²) in [7, 11) is 1.95. The molecule has 0 spiro atoms. The Balaban J connectivity index is 2.38. The van der Waals surface area contributed by atoms with Crippen LogP contribution >= 0.6 is 0 Å².